The van der Waals surface area contributed by atoms with Crippen LogP contribution in [0, 0.1) is 10.1 Å². The van der Waals surface area contributed by atoms with Crippen LogP contribution in [-0.2, 0) is 16.0 Å². The number of esters is 1. The Bertz CT molecular complexity index is 1100. The Balaban J connectivity index is 2.09. The average molecular weight is 437 g/mol. The van der Waals surface area contributed by atoms with Crippen molar-refractivity contribution in [2.75, 3.05) is 11.4 Å². The number of anilines is 2. The lowest BCUT2D eigenvalue weighted by atomic mass is 10.1. The number of benzene rings is 2. The van der Waals surface area contributed by atoms with Crippen molar-refractivity contribution in [2.45, 2.75) is 0 Å². The molecule has 0 bridgehead atoms. The number of methoxy groups -OCH3 is 1. The highest BCUT2D eigenvalue weighted by Crippen LogP contribution is 2.33. The molecule has 1 N–H and O–H groups in total. The van der Waals surface area contributed by atoms with E-state index < -0.39 is 22.2 Å². The molecule has 2 aromatic carbocycles. The summed E-state index contributed by atoms with van der Waals surface area (Å²) in [4.78, 5) is 22.5. The first-order chi connectivity index (χ1) is 13.8. The molecule has 10 nitrogen and oxygen atoms in total. The molecule has 0 amide bonds. The molecular formula is C17H13ClN4O6S. The van der Waals surface area contributed by atoms with E-state index in [1.54, 1.807) is 24.3 Å². The molecule has 29 heavy (non-hydrogen) atoms. The quantitative estimate of drug-likeness (QED) is 0.271. The van der Waals surface area contributed by atoms with Crippen LogP contribution >= 0.6 is 11.6 Å². The number of nitro benzene ring substituents is 1. The van der Waals surface area contributed by atoms with Gasteiger partial charge in [-0.25, -0.2) is 18.0 Å². The van der Waals surface area contributed by atoms with Crippen LogP contribution in [0.4, 0.5) is 17.1 Å². The van der Waals surface area contributed by atoms with Crippen LogP contribution < -0.4 is 4.31 Å². The summed E-state index contributed by atoms with van der Waals surface area (Å²) >= 11 is 3.25. The molecule has 0 aliphatic heterocycles. The molecule has 12 heteroatoms. The van der Waals surface area contributed by atoms with Gasteiger partial charge in [0.2, 0.25) is 0 Å². The number of nitrogens with zero attached hydrogens (tertiary/aromatic N) is 4. The van der Waals surface area contributed by atoms with Gasteiger partial charge in [-0.1, -0.05) is 11.6 Å². The van der Waals surface area contributed by atoms with Crippen molar-refractivity contribution < 1.29 is 23.2 Å². The van der Waals surface area contributed by atoms with Gasteiger partial charge < -0.3 is 4.74 Å². The first-order valence-corrected chi connectivity index (χ1v) is 9.34. The number of hydrogen-bond donors (Lipinski definition) is 1. The number of halogens is 1. The Labute approximate surface area is 171 Å². The summed E-state index contributed by atoms with van der Waals surface area (Å²) in [7, 11) is 1.10. The molecule has 1 atom stereocenters. The summed E-state index contributed by atoms with van der Waals surface area (Å²) in [5.74, 6) is -0.899. The van der Waals surface area contributed by atoms with Crippen molar-refractivity contribution in [3.63, 3.8) is 0 Å². The second kappa shape index (κ2) is 8.39. The summed E-state index contributed by atoms with van der Waals surface area (Å²) < 4.78 is 28.9. The fourth-order valence-electron chi connectivity index (χ4n) is 2.55. The highest BCUT2D eigenvalue weighted by molar-refractivity contribution is 7.81. The zero-order valence-corrected chi connectivity index (χ0v) is 16.3. The second-order valence-corrected chi connectivity index (χ2v) is 6.86. The van der Waals surface area contributed by atoms with Gasteiger partial charge >= 0.3 is 5.97 Å². The van der Waals surface area contributed by atoms with E-state index in [0.717, 1.165) is 23.5 Å². The van der Waals surface area contributed by atoms with E-state index >= 15 is 0 Å². The Morgan fingerprint density at radius 1 is 1.31 bits per heavy atom. The maximum atomic E-state index is 12.1. The lowest BCUT2D eigenvalue weighted by Crippen LogP contribution is -2.22. The van der Waals surface area contributed by atoms with Gasteiger partial charge in [-0.2, -0.15) is 5.10 Å². The molecule has 150 valence electrons. The third-order valence-corrected chi connectivity index (χ3v) is 4.84. The zero-order chi connectivity index (χ0) is 21.1. The topological polar surface area (TPSA) is 128 Å². The van der Waals surface area contributed by atoms with Gasteiger partial charge in [0.25, 0.3) is 17.0 Å². The van der Waals surface area contributed by atoms with Crippen LogP contribution in [0.15, 0.2) is 54.9 Å². The summed E-state index contributed by atoms with van der Waals surface area (Å²) in [6, 6.07) is 10.0. The van der Waals surface area contributed by atoms with Crippen molar-refractivity contribution in [1.29, 1.82) is 0 Å². The molecule has 1 heterocycles. The molecular weight excluding hydrogens is 424 g/mol. The summed E-state index contributed by atoms with van der Waals surface area (Å²) in [6.07, 6.45) is 2.77. The van der Waals surface area contributed by atoms with Crippen molar-refractivity contribution in [3.05, 3.63) is 75.6 Å². The van der Waals surface area contributed by atoms with E-state index in [2.05, 4.69) is 9.84 Å². The Morgan fingerprint density at radius 3 is 2.59 bits per heavy atom. The first kappa shape index (κ1) is 20.5. The molecule has 0 saturated heterocycles. The molecule has 0 aliphatic rings. The lowest BCUT2D eigenvalue weighted by Gasteiger charge is -2.20. The number of carbonyl (C=O) groups is 1. The monoisotopic (exact) mass is 436 g/mol. The predicted octanol–water partition coefficient (Wildman–Crippen LogP) is 3.50. The van der Waals surface area contributed by atoms with Gasteiger partial charge in [0, 0.05) is 17.2 Å². The average Bonchev–Trinajstić information content (AvgIpc) is 3.17. The number of nitro groups is 1. The van der Waals surface area contributed by atoms with Crippen molar-refractivity contribution in [1.82, 2.24) is 9.78 Å². The third kappa shape index (κ3) is 4.26. The number of hydrogen-bond acceptors (Lipinski definition) is 6. The standard InChI is InChI=1S/C17H13ClN4O6S/c1-28-17(23)15-8-13(22(24)25)6-7-16(15)21(29(26)27)14-9-19-20(10-14)12-4-2-11(18)3-5-12/h2-10H,1H3,(H,26,27). The summed E-state index contributed by atoms with van der Waals surface area (Å²) in [5, 5.41) is 15.7. The fraction of sp³-hybridized carbons (Fsp3) is 0.0588. The number of rotatable bonds is 6. The number of aromatic nitrogens is 2. The van der Waals surface area contributed by atoms with Crippen LogP contribution in [0.3, 0.4) is 0 Å². The largest absolute Gasteiger partial charge is 0.465 e. The smallest absolute Gasteiger partial charge is 0.340 e. The van der Waals surface area contributed by atoms with Gasteiger partial charge in [-0.15, -0.1) is 0 Å². The lowest BCUT2D eigenvalue weighted by molar-refractivity contribution is -0.384. The van der Waals surface area contributed by atoms with Gasteiger partial charge in [0.15, 0.2) is 0 Å². The van der Waals surface area contributed by atoms with Gasteiger partial charge in [0.05, 0.1) is 47.1 Å². The number of carbonyl (C=O) groups excluding carboxylic acids is 1. The van der Waals surface area contributed by atoms with Crippen LogP contribution in [0.5, 0.6) is 0 Å². The minimum absolute atomic E-state index is 0.0565. The SMILES string of the molecule is COC(=O)c1cc([N+](=O)[O-])ccc1N(c1cnn(-c2ccc(Cl)cc2)c1)S(=O)O. The summed E-state index contributed by atoms with van der Waals surface area (Å²) in [5.41, 5.74) is 0.137. The molecule has 1 aromatic heterocycles. The van der Waals surface area contributed by atoms with Crippen LogP contribution in [-0.4, -0.2) is 36.5 Å². The van der Waals surface area contributed by atoms with E-state index in [1.807, 2.05) is 0 Å². The first-order valence-electron chi connectivity index (χ1n) is 7.90. The van der Waals surface area contributed by atoms with Crippen molar-refractivity contribution in [3.8, 4) is 5.69 Å². The van der Waals surface area contributed by atoms with E-state index in [-0.39, 0.29) is 22.6 Å². The molecule has 3 rings (SSSR count). The molecule has 0 saturated carbocycles. The Morgan fingerprint density at radius 2 is 2.00 bits per heavy atom. The van der Waals surface area contributed by atoms with Crippen LogP contribution in [0.25, 0.3) is 5.69 Å². The van der Waals surface area contributed by atoms with Crippen molar-refractivity contribution >= 4 is 45.9 Å². The van der Waals surface area contributed by atoms with E-state index in [1.165, 1.54) is 23.1 Å². The van der Waals surface area contributed by atoms with E-state index in [9.17, 15) is 23.7 Å². The molecule has 0 aliphatic carbocycles. The van der Waals surface area contributed by atoms with Gasteiger partial charge in [-0.05, 0) is 30.3 Å². The van der Waals surface area contributed by atoms with Crippen molar-refractivity contribution in [2.24, 2.45) is 0 Å². The Hall–Kier alpha value is -3.28. The highest BCUT2D eigenvalue weighted by Gasteiger charge is 2.26. The molecule has 0 spiro atoms. The number of non-ortho nitro benzene ring substituents is 1. The van der Waals surface area contributed by atoms with Gasteiger partial charge in [-0.3, -0.25) is 14.7 Å². The number of ether oxygens (including phenoxy) is 1. The fourth-order valence-corrected chi connectivity index (χ4v) is 3.28. The minimum atomic E-state index is -2.62. The maximum Gasteiger partial charge on any atom is 0.340 e. The van der Waals surface area contributed by atoms with E-state index in [0.29, 0.717) is 10.7 Å². The summed E-state index contributed by atoms with van der Waals surface area (Å²) in [6.45, 7) is 0. The van der Waals surface area contributed by atoms with E-state index in [4.69, 9.17) is 11.6 Å². The molecule has 0 fully saturated rings. The normalized spacial score (nSPS) is 11.7. The third-order valence-electron chi connectivity index (χ3n) is 3.87. The molecule has 1 unspecified atom stereocenters. The maximum absolute atomic E-state index is 12.1. The zero-order valence-electron chi connectivity index (χ0n) is 14.8. The van der Waals surface area contributed by atoms with Gasteiger partial charge in [0.1, 0.15) is 0 Å². The van der Waals surface area contributed by atoms with Crippen LogP contribution in [0.2, 0.25) is 5.02 Å². The predicted molar refractivity (Wildman–Crippen MR) is 106 cm³/mol. The minimum Gasteiger partial charge on any atom is -0.465 e. The molecule has 0 radical (unpaired) electrons. The highest BCUT2D eigenvalue weighted by atomic mass is 35.5. The molecule has 3 aromatic rings. The van der Waals surface area contributed by atoms with Crippen LogP contribution in [0.1, 0.15) is 10.4 Å². The Kier molecular flexibility index (Phi) is 5.92. The second-order valence-electron chi connectivity index (χ2n) is 5.59.